The van der Waals surface area contributed by atoms with E-state index in [1.54, 1.807) is 18.2 Å². The number of carbonyl (C=O) groups is 1. The molecule has 1 aromatic rings. The Morgan fingerprint density at radius 3 is 2.21 bits per heavy atom. The largest absolute Gasteiger partial charge is 0.479 e. The Kier molecular flexibility index (Phi) is 3.00. The van der Waals surface area contributed by atoms with E-state index in [1.807, 2.05) is 0 Å². The molecule has 14 heavy (non-hydrogen) atoms. The first-order valence-corrected chi connectivity index (χ1v) is 4.79. The van der Waals surface area contributed by atoms with E-state index >= 15 is 0 Å². The summed E-state index contributed by atoms with van der Waals surface area (Å²) in [6.45, 7) is 0. The molecule has 5 nitrogen and oxygen atoms in total. The van der Waals surface area contributed by atoms with Crippen molar-refractivity contribution < 1.29 is 18.7 Å². The molecule has 0 fully saturated rings. The summed E-state index contributed by atoms with van der Waals surface area (Å²) in [7, 11) is 0. The first kappa shape index (κ1) is 10.8. The van der Waals surface area contributed by atoms with Gasteiger partial charge >= 0.3 is 5.97 Å². The molecule has 2 unspecified atom stereocenters. The van der Waals surface area contributed by atoms with Gasteiger partial charge in [-0.15, -0.1) is 0 Å². The Hall–Kier alpha value is -1.24. The van der Waals surface area contributed by atoms with E-state index in [4.69, 9.17) is 15.4 Å². The third kappa shape index (κ3) is 1.67. The van der Waals surface area contributed by atoms with Crippen LogP contribution < -0.4 is 5.73 Å². The zero-order valence-corrected chi connectivity index (χ0v) is 7.90. The number of hydrogen-bond acceptors (Lipinski definition) is 3. The molecule has 76 valence electrons. The van der Waals surface area contributed by atoms with Gasteiger partial charge in [0, 0.05) is 0 Å². The minimum atomic E-state index is -2.67. The molecule has 0 radical (unpaired) electrons. The van der Waals surface area contributed by atoms with Crippen molar-refractivity contribution in [2.24, 2.45) is 5.73 Å². The van der Waals surface area contributed by atoms with E-state index in [0.29, 0.717) is 0 Å². The van der Waals surface area contributed by atoms with E-state index in [-0.39, 0.29) is 5.56 Å². The molecule has 2 atom stereocenters. The number of hydrogen-bond donors (Lipinski definition) is 3. The highest BCUT2D eigenvalue weighted by Crippen LogP contribution is 2.21. The topological polar surface area (TPSA) is 101 Å². The SMILES string of the molecule is NC(C(=O)O)(c1ccccc1)S(=O)O. The minimum absolute atomic E-state index is 0.0910. The summed E-state index contributed by atoms with van der Waals surface area (Å²) in [4.78, 5) is 8.52. The third-order valence-electron chi connectivity index (χ3n) is 1.80. The van der Waals surface area contributed by atoms with Gasteiger partial charge in [-0.1, -0.05) is 30.3 Å². The fourth-order valence-corrected chi connectivity index (χ4v) is 1.47. The van der Waals surface area contributed by atoms with Crippen LogP contribution in [0.4, 0.5) is 0 Å². The summed E-state index contributed by atoms with van der Waals surface area (Å²) in [6.07, 6.45) is 0. The van der Waals surface area contributed by atoms with Crippen LogP contribution in [-0.2, 0) is 20.7 Å². The number of aliphatic carboxylic acids is 1. The van der Waals surface area contributed by atoms with Crippen LogP contribution in [0, 0.1) is 0 Å². The van der Waals surface area contributed by atoms with Crippen molar-refractivity contribution in [3.8, 4) is 0 Å². The van der Waals surface area contributed by atoms with Crippen LogP contribution in [0.2, 0.25) is 0 Å². The van der Waals surface area contributed by atoms with E-state index < -0.39 is 21.9 Å². The lowest BCUT2D eigenvalue weighted by atomic mass is 10.1. The maximum absolute atomic E-state index is 10.9. The lowest BCUT2D eigenvalue weighted by Gasteiger charge is -2.20. The van der Waals surface area contributed by atoms with Crippen molar-refractivity contribution in [3.63, 3.8) is 0 Å². The summed E-state index contributed by atoms with van der Waals surface area (Å²) in [5.41, 5.74) is 5.45. The quantitative estimate of drug-likeness (QED) is 0.621. The van der Waals surface area contributed by atoms with Crippen molar-refractivity contribution in [1.29, 1.82) is 0 Å². The van der Waals surface area contributed by atoms with Crippen LogP contribution in [0.15, 0.2) is 30.3 Å². The van der Waals surface area contributed by atoms with Gasteiger partial charge in [0.15, 0.2) is 11.1 Å². The van der Waals surface area contributed by atoms with E-state index in [1.165, 1.54) is 12.1 Å². The molecule has 0 saturated heterocycles. The lowest BCUT2D eigenvalue weighted by Crippen LogP contribution is -2.48. The number of carboxylic acid groups (broad SMARTS) is 1. The molecule has 0 aliphatic carbocycles. The normalized spacial score (nSPS) is 17.0. The van der Waals surface area contributed by atoms with E-state index in [2.05, 4.69) is 0 Å². The van der Waals surface area contributed by atoms with Crippen molar-refractivity contribution in [2.75, 3.05) is 0 Å². The molecule has 0 aliphatic rings. The summed E-state index contributed by atoms with van der Waals surface area (Å²) in [5, 5.41) is 8.78. The second-order valence-corrected chi connectivity index (χ2v) is 3.80. The highest BCUT2D eigenvalue weighted by Gasteiger charge is 2.42. The fraction of sp³-hybridized carbons (Fsp3) is 0.125. The summed E-state index contributed by atoms with van der Waals surface area (Å²) < 4.78 is 19.7. The van der Waals surface area contributed by atoms with Crippen LogP contribution in [0.5, 0.6) is 0 Å². The first-order valence-electron chi connectivity index (χ1n) is 3.68. The predicted molar refractivity (Wildman–Crippen MR) is 50.7 cm³/mol. The van der Waals surface area contributed by atoms with Gasteiger partial charge in [0.2, 0.25) is 4.87 Å². The number of nitrogens with two attached hydrogens (primary N) is 1. The highest BCUT2D eigenvalue weighted by atomic mass is 32.2. The molecule has 0 aliphatic heterocycles. The average molecular weight is 215 g/mol. The van der Waals surface area contributed by atoms with Gasteiger partial charge in [0.1, 0.15) is 0 Å². The smallest absolute Gasteiger partial charge is 0.344 e. The van der Waals surface area contributed by atoms with Gasteiger partial charge in [0.05, 0.1) is 0 Å². The van der Waals surface area contributed by atoms with Crippen LogP contribution in [0.25, 0.3) is 0 Å². The van der Waals surface area contributed by atoms with Crippen molar-refractivity contribution in [1.82, 2.24) is 0 Å². The van der Waals surface area contributed by atoms with Crippen LogP contribution in [0.1, 0.15) is 5.56 Å². The Morgan fingerprint density at radius 1 is 1.36 bits per heavy atom. The van der Waals surface area contributed by atoms with Gasteiger partial charge < -0.3 is 9.66 Å². The zero-order valence-electron chi connectivity index (χ0n) is 7.08. The molecule has 1 rings (SSSR count). The van der Waals surface area contributed by atoms with Crippen LogP contribution in [0.3, 0.4) is 0 Å². The summed E-state index contributed by atoms with van der Waals surface area (Å²) in [6, 6.07) is 7.54. The van der Waals surface area contributed by atoms with Gasteiger partial charge in [-0.2, -0.15) is 0 Å². The number of benzene rings is 1. The second-order valence-electron chi connectivity index (χ2n) is 2.66. The Bertz CT molecular complexity index is 351. The lowest BCUT2D eigenvalue weighted by molar-refractivity contribution is -0.140. The first-order chi connectivity index (χ1) is 6.49. The molecular formula is C8H9NO4S. The van der Waals surface area contributed by atoms with Gasteiger partial charge in [-0.25, -0.2) is 9.00 Å². The van der Waals surface area contributed by atoms with E-state index in [0.717, 1.165) is 0 Å². The molecule has 0 amide bonds. The van der Waals surface area contributed by atoms with E-state index in [9.17, 15) is 9.00 Å². The highest BCUT2D eigenvalue weighted by molar-refractivity contribution is 7.81. The van der Waals surface area contributed by atoms with Crippen LogP contribution >= 0.6 is 0 Å². The molecule has 0 heterocycles. The second kappa shape index (κ2) is 3.87. The summed E-state index contributed by atoms with van der Waals surface area (Å²) >= 11 is -2.67. The van der Waals surface area contributed by atoms with Crippen LogP contribution in [-0.4, -0.2) is 19.8 Å². The number of carboxylic acids is 1. The Labute approximate surface area is 82.8 Å². The van der Waals surface area contributed by atoms with Crippen molar-refractivity contribution >= 4 is 17.0 Å². The van der Waals surface area contributed by atoms with Crippen molar-refractivity contribution in [3.05, 3.63) is 35.9 Å². The molecule has 6 heteroatoms. The molecule has 0 saturated carbocycles. The third-order valence-corrected chi connectivity index (χ3v) is 2.76. The molecule has 4 N–H and O–H groups in total. The monoisotopic (exact) mass is 215 g/mol. The van der Waals surface area contributed by atoms with Gasteiger partial charge in [-0.05, 0) is 5.56 Å². The number of rotatable bonds is 3. The molecular weight excluding hydrogens is 206 g/mol. The van der Waals surface area contributed by atoms with Gasteiger partial charge in [0.25, 0.3) is 0 Å². The average Bonchev–Trinajstić information content (AvgIpc) is 2.17. The van der Waals surface area contributed by atoms with Gasteiger partial charge in [-0.3, -0.25) is 5.73 Å². The standard InChI is InChI=1S/C8H9NO4S/c9-8(7(10)11,14(12)13)6-4-2-1-3-5-6/h1-5H,9H2,(H,10,11)(H,12,13). The Morgan fingerprint density at radius 2 is 1.86 bits per heavy atom. The maximum atomic E-state index is 10.9. The zero-order chi connectivity index (χ0) is 10.8. The Balaban J connectivity index is 3.27. The summed E-state index contributed by atoms with van der Waals surface area (Å²) in [5.74, 6) is -1.54. The minimum Gasteiger partial charge on any atom is -0.479 e. The predicted octanol–water partition coefficient (Wildman–Crippen LogP) is 0.104. The van der Waals surface area contributed by atoms with Crippen molar-refractivity contribution in [2.45, 2.75) is 4.87 Å². The molecule has 0 bridgehead atoms. The molecule has 0 spiro atoms. The fourth-order valence-electron chi connectivity index (χ4n) is 0.985. The maximum Gasteiger partial charge on any atom is 0.344 e. The molecule has 1 aromatic carbocycles. The molecule has 0 aromatic heterocycles.